The molecule has 0 amide bonds. The second kappa shape index (κ2) is 6.56. The highest BCUT2D eigenvalue weighted by Gasteiger charge is 2.17. The summed E-state index contributed by atoms with van der Waals surface area (Å²) in [7, 11) is 5.92. The number of nitrogens with one attached hydrogen (secondary N) is 1. The molecule has 0 aliphatic carbocycles. The maximum atomic E-state index is 12.2. The van der Waals surface area contributed by atoms with Crippen molar-refractivity contribution in [1.82, 2.24) is 14.8 Å². The van der Waals surface area contributed by atoms with Gasteiger partial charge in [0.15, 0.2) is 5.78 Å². The molecule has 102 valence electrons. The van der Waals surface area contributed by atoms with Gasteiger partial charge in [-0.2, -0.15) is 0 Å². The fraction of sp³-hybridized carbons (Fsp3) is 0.615. The summed E-state index contributed by atoms with van der Waals surface area (Å²) in [5.74, 6) is 0.0825. The SMILES string of the molecule is CC(NCCCN(C)C)C(=O)c1cc(N)cn1C. The quantitative estimate of drug-likeness (QED) is 0.554. The van der Waals surface area contributed by atoms with Crippen LogP contribution in [0.5, 0.6) is 0 Å². The highest BCUT2D eigenvalue weighted by Crippen LogP contribution is 2.11. The number of Topliss-reactive ketones (excluding diaryl/α,β-unsaturated/α-hetero) is 1. The van der Waals surface area contributed by atoms with Crippen LogP contribution in [0.25, 0.3) is 0 Å². The molecule has 5 nitrogen and oxygen atoms in total. The number of rotatable bonds is 7. The molecule has 0 spiro atoms. The third-order valence-electron chi connectivity index (χ3n) is 2.90. The van der Waals surface area contributed by atoms with Crippen LogP contribution in [0.4, 0.5) is 5.69 Å². The number of hydrogen-bond donors (Lipinski definition) is 2. The molecule has 1 atom stereocenters. The Balaban J connectivity index is 2.44. The molecule has 0 saturated carbocycles. The first-order valence-electron chi connectivity index (χ1n) is 6.26. The van der Waals surface area contributed by atoms with Crippen molar-refractivity contribution < 1.29 is 4.79 Å². The van der Waals surface area contributed by atoms with Crippen molar-refractivity contribution in [3.63, 3.8) is 0 Å². The molecule has 1 aromatic rings. The Kier molecular flexibility index (Phi) is 5.37. The highest BCUT2D eigenvalue weighted by molar-refractivity contribution is 5.99. The lowest BCUT2D eigenvalue weighted by Crippen LogP contribution is -2.36. The van der Waals surface area contributed by atoms with Crippen molar-refractivity contribution in [2.45, 2.75) is 19.4 Å². The van der Waals surface area contributed by atoms with Crippen LogP contribution in [0, 0.1) is 0 Å². The largest absolute Gasteiger partial charge is 0.397 e. The van der Waals surface area contributed by atoms with Gasteiger partial charge in [0.05, 0.1) is 17.4 Å². The normalized spacial score (nSPS) is 12.9. The zero-order chi connectivity index (χ0) is 13.7. The van der Waals surface area contributed by atoms with E-state index in [0.29, 0.717) is 11.4 Å². The summed E-state index contributed by atoms with van der Waals surface area (Å²) in [6.07, 6.45) is 2.78. The standard InChI is InChI=1S/C13H24N4O/c1-10(15-6-5-7-16(2)3)13(18)12-8-11(14)9-17(12)4/h8-10,15H,5-7,14H2,1-4H3. The van der Waals surface area contributed by atoms with E-state index in [1.165, 1.54) is 0 Å². The zero-order valence-corrected chi connectivity index (χ0v) is 11.7. The van der Waals surface area contributed by atoms with Crippen LogP contribution >= 0.6 is 0 Å². The maximum absolute atomic E-state index is 12.2. The number of nitrogens with zero attached hydrogens (tertiary/aromatic N) is 2. The first-order chi connectivity index (χ1) is 8.41. The van der Waals surface area contributed by atoms with Crippen LogP contribution in [0.3, 0.4) is 0 Å². The average Bonchev–Trinajstić information content (AvgIpc) is 2.62. The first-order valence-corrected chi connectivity index (χ1v) is 6.26. The van der Waals surface area contributed by atoms with Crippen LogP contribution in [0.2, 0.25) is 0 Å². The van der Waals surface area contributed by atoms with Gasteiger partial charge in [-0.1, -0.05) is 0 Å². The van der Waals surface area contributed by atoms with E-state index in [2.05, 4.69) is 10.2 Å². The highest BCUT2D eigenvalue weighted by atomic mass is 16.1. The smallest absolute Gasteiger partial charge is 0.195 e. The molecule has 5 heteroatoms. The molecule has 1 rings (SSSR count). The number of anilines is 1. The monoisotopic (exact) mass is 252 g/mol. The minimum atomic E-state index is -0.180. The molecule has 0 bridgehead atoms. The van der Waals surface area contributed by atoms with Crippen LogP contribution in [0.15, 0.2) is 12.3 Å². The Hall–Kier alpha value is -1.33. The Bertz CT molecular complexity index is 398. The van der Waals surface area contributed by atoms with Gasteiger partial charge in [-0.15, -0.1) is 0 Å². The van der Waals surface area contributed by atoms with Gasteiger partial charge in [0.25, 0.3) is 0 Å². The molecule has 1 aromatic heterocycles. The molecule has 0 saturated heterocycles. The third kappa shape index (κ3) is 4.16. The van der Waals surface area contributed by atoms with Crippen LogP contribution in [-0.4, -0.2) is 48.5 Å². The van der Waals surface area contributed by atoms with Crippen molar-refractivity contribution in [2.75, 3.05) is 32.9 Å². The molecule has 0 aliphatic rings. The van der Waals surface area contributed by atoms with E-state index in [1.807, 2.05) is 28.1 Å². The van der Waals surface area contributed by atoms with Crippen molar-refractivity contribution in [3.05, 3.63) is 18.0 Å². The van der Waals surface area contributed by atoms with Gasteiger partial charge in [0.1, 0.15) is 0 Å². The number of carbonyl (C=O) groups excluding carboxylic acids is 1. The van der Waals surface area contributed by atoms with Crippen LogP contribution in [-0.2, 0) is 7.05 Å². The molecule has 0 aromatic carbocycles. The molecular formula is C13H24N4O. The first kappa shape index (κ1) is 14.7. The summed E-state index contributed by atoms with van der Waals surface area (Å²) in [6, 6.07) is 1.54. The summed E-state index contributed by atoms with van der Waals surface area (Å²) < 4.78 is 1.77. The fourth-order valence-corrected chi connectivity index (χ4v) is 1.86. The lowest BCUT2D eigenvalue weighted by molar-refractivity contribution is 0.0942. The topological polar surface area (TPSA) is 63.3 Å². The second-order valence-corrected chi connectivity index (χ2v) is 4.97. The predicted octanol–water partition coefficient (Wildman–Crippen LogP) is 0.720. The maximum Gasteiger partial charge on any atom is 0.195 e. The Morgan fingerprint density at radius 1 is 1.56 bits per heavy atom. The van der Waals surface area contributed by atoms with Gasteiger partial charge in [0, 0.05) is 13.2 Å². The number of aromatic nitrogens is 1. The van der Waals surface area contributed by atoms with E-state index >= 15 is 0 Å². The summed E-state index contributed by atoms with van der Waals surface area (Å²) in [5, 5.41) is 3.24. The predicted molar refractivity (Wildman–Crippen MR) is 74.8 cm³/mol. The lowest BCUT2D eigenvalue weighted by Gasteiger charge is -2.14. The summed E-state index contributed by atoms with van der Waals surface area (Å²) in [5.41, 5.74) is 6.95. The molecule has 0 fully saturated rings. The van der Waals surface area contributed by atoms with Gasteiger partial charge in [0.2, 0.25) is 0 Å². The van der Waals surface area contributed by atoms with Crippen LogP contribution < -0.4 is 11.1 Å². The fourth-order valence-electron chi connectivity index (χ4n) is 1.86. The number of carbonyl (C=O) groups is 1. The average molecular weight is 252 g/mol. The second-order valence-electron chi connectivity index (χ2n) is 4.97. The van der Waals surface area contributed by atoms with Gasteiger partial charge in [-0.25, -0.2) is 0 Å². The number of ketones is 1. The summed E-state index contributed by atoms with van der Waals surface area (Å²) in [6.45, 7) is 3.75. The minimum Gasteiger partial charge on any atom is -0.397 e. The van der Waals surface area contributed by atoms with Gasteiger partial charge >= 0.3 is 0 Å². The number of hydrogen-bond acceptors (Lipinski definition) is 4. The number of nitrogen functional groups attached to an aromatic ring is 1. The summed E-state index contributed by atoms with van der Waals surface area (Å²) in [4.78, 5) is 14.3. The molecule has 18 heavy (non-hydrogen) atoms. The van der Waals surface area contributed by atoms with Gasteiger partial charge in [-0.3, -0.25) is 4.79 Å². The Morgan fingerprint density at radius 3 is 2.72 bits per heavy atom. The van der Waals surface area contributed by atoms with Gasteiger partial charge < -0.3 is 20.5 Å². The lowest BCUT2D eigenvalue weighted by atomic mass is 10.1. The molecule has 0 radical (unpaired) electrons. The van der Waals surface area contributed by atoms with E-state index in [-0.39, 0.29) is 11.8 Å². The molecule has 3 N–H and O–H groups in total. The van der Waals surface area contributed by atoms with Crippen LogP contribution in [0.1, 0.15) is 23.8 Å². The van der Waals surface area contributed by atoms with E-state index in [1.54, 1.807) is 16.8 Å². The van der Waals surface area contributed by atoms with E-state index in [0.717, 1.165) is 19.5 Å². The zero-order valence-electron chi connectivity index (χ0n) is 11.7. The van der Waals surface area contributed by atoms with E-state index in [9.17, 15) is 4.79 Å². The van der Waals surface area contributed by atoms with E-state index < -0.39 is 0 Å². The Morgan fingerprint density at radius 2 is 2.22 bits per heavy atom. The Labute approximate surface area is 109 Å². The van der Waals surface area contributed by atoms with Gasteiger partial charge in [-0.05, 0) is 46.6 Å². The number of aryl methyl sites for hydroxylation is 1. The van der Waals surface area contributed by atoms with Crippen molar-refractivity contribution in [2.24, 2.45) is 7.05 Å². The minimum absolute atomic E-state index is 0.0825. The van der Waals surface area contributed by atoms with Crippen molar-refractivity contribution >= 4 is 11.5 Å². The van der Waals surface area contributed by atoms with Crippen molar-refractivity contribution in [1.29, 1.82) is 0 Å². The van der Waals surface area contributed by atoms with E-state index in [4.69, 9.17) is 5.73 Å². The molecular weight excluding hydrogens is 228 g/mol. The third-order valence-corrected chi connectivity index (χ3v) is 2.90. The number of nitrogens with two attached hydrogens (primary N) is 1. The molecule has 1 unspecified atom stereocenters. The van der Waals surface area contributed by atoms with Crippen molar-refractivity contribution in [3.8, 4) is 0 Å². The molecule has 0 aliphatic heterocycles. The molecule has 1 heterocycles. The summed E-state index contributed by atoms with van der Waals surface area (Å²) >= 11 is 0.